The molecule has 0 bridgehead atoms. The van der Waals surface area contributed by atoms with Gasteiger partial charge in [0.1, 0.15) is 6.04 Å². The molecule has 2 unspecified atom stereocenters. The van der Waals surface area contributed by atoms with Gasteiger partial charge in [-0.2, -0.15) is 0 Å². The lowest BCUT2D eigenvalue weighted by atomic mass is 9.99. The zero-order valence-corrected chi connectivity index (χ0v) is 22.4. The Morgan fingerprint density at radius 2 is 1.69 bits per heavy atom. The number of carboxylic acids is 1. The fourth-order valence-electron chi connectivity index (χ4n) is 4.86. The maximum Gasteiger partial charge on any atom is 0.303 e. The molecular formula is C30H34N4O5. The summed E-state index contributed by atoms with van der Waals surface area (Å²) < 4.78 is 0. The van der Waals surface area contributed by atoms with Crippen molar-refractivity contribution in [2.45, 2.75) is 51.7 Å². The number of para-hydroxylation sites is 2. The average Bonchev–Trinajstić information content (AvgIpc) is 3.04. The van der Waals surface area contributed by atoms with E-state index in [1.165, 1.54) is 4.90 Å². The number of anilines is 2. The number of amides is 3. The molecule has 2 atom stereocenters. The lowest BCUT2D eigenvalue weighted by Gasteiger charge is -2.27. The maximum atomic E-state index is 14.2. The van der Waals surface area contributed by atoms with E-state index < -0.39 is 18.1 Å². The van der Waals surface area contributed by atoms with Gasteiger partial charge in [-0.15, -0.1) is 0 Å². The normalized spacial score (nSPS) is 16.0. The van der Waals surface area contributed by atoms with Gasteiger partial charge in [0.25, 0.3) is 5.91 Å². The minimum atomic E-state index is -1.00. The molecule has 1 heterocycles. The molecular weight excluding hydrogens is 496 g/mol. The van der Waals surface area contributed by atoms with Gasteiger partial charge in [-0.05, 0) is 61.3 Å². The molecule has 0 spiro atoms. The molecule has 9 heteroatoms. The van der Waals surface area contributed by atoms with Gasteiger partial charge in [-0.3, -0.25) is 19.2 Å². The van der Waals surface area contributed by atoms with E-state index in [1.807, 2.05) is 49.4 Å². The van der Waals surface area contributed by atoms with E-state index in [9.17, 15) is 19.2 Å². The highest BCUT2D eigenvalue weighted by atomic mass is 16.4. The van der Waals surface area contributed by atoms with E-state index >= 15 is 0 Å². The zero-order valence-electron chi connectivity index (χ0n) is 22.4. The Balaban J connectivity index is 1.79. The van der Waals surface area contributed by atoms with Crippen LogP contribution in [0.5, 0.6) is 0 Å². The van der Waals surface area contributed by atoms with Gasteiger partial charge in [0, 0.05) is 12.8 Å². The topological polar surface area (TPSA) is 119 Å². The molecule has 1 aliphatic rings. The van der Waals surface area contributed by atoms with Crippen molar-refractivity contribution in [3.63, 3.8) is 0 Å². The Hall–Kier alpha value is -4.24. The summed E-state index contributed by atoms with van der Waals surface area (Å²) in [5, 5.41) is 16.8. The first-order valence-electron chi connectivity index (χ1n) is 13.1. The number of carbonyl (C=O) groups is 4. The number of aryl methyl sites for hydroxylation is 1. The third kappa shape index (κ3) is 6.09. The molecule has 0 fully saturated rings. The van der Waals surface area contributed by atoms with Crippen molar-refractivity contribution >= 4 is 45.8 Å². The van der Waals surface area contributed by atoms with Crippen LogP contribution in [0.15, 0.2) is 60.7 Å². The van der Waals surface area contributed by atoms with Crippen LogP contribution < -0.4 is 20.4 Å². The Morgan fingerprint density at radius 1 is 1.00 bits per heavy atom. The van der Waals surface area contributed by atoms with Crippen molar-refractivity contribution in [2.24, 2.45) is 0 Å². The molecule has 0 radical (unpaired) electrons. The minimum absolute atomic E-state index is 0.00480. The van der Waals surface area contributed by atoms with Crippen molar-refractivity contribution in [2.75, 3.05) is 23.4 Å². The van der Waals surface area contributed by atoms with Crippen LogP contribution in [0.4, 0.5) is 11.4 Å². The number of hydrogen-bond acceptors (Lipinski definition) is 5. The Bertz CT molecular complexity index is 1410. The molecule has 3 aromatic carbocycles. The van der Waals surface area contributed by atoms with Gasteiger partial charge in [-0.1, -0.05) is 48.5 Å². The van der Waals surface area contributed by atoms with Crippen LogP contribution in [0, 0.1) is 6.92 Å². The number of carboxylic acid groups (broad SMARTS) is 1. The van der Waals surface area contributed by atoms with E-state index in [2.05, 4.69) is 10.6 Å². The predicted octanol–water partition coefficient (Wildman–Crippen LogP) is 3.38. The summed E-state index contributed by atoms with van der Waals surface area (Å²) in [4.78, 5) is 54.6. The Kier molecular flexibility index (Phi) is 8.61. The number of nitrogens with zero attached hydrogens (tertiary/aromatic N) is 2. The van der Waals surface area contributed by atoms with E-state index in [4.69, 9.17) is 5.11 Å². The lowest BCUT2D eigenvalue weighted by Crippen LogP contribution is -2.55. The van der Waals surface area contributed by atoms with Crippen molar-refractivity contribution < 1.29 is 24.3 Å². The molecule has 3 amide bonds. The molecule has 204 valence electrons. The molecule has 0 aliphatic carbocycles. The number of benzene rings is 3. The van der Waals surface area contributed by atoms with Crippen LogP contribution in [0.1, 0.15) is 37.3 Å². The summed E-state index contributed by atoms with van der Waals surface area (Å²) in [7, 11) is 1.66. The minimum Gasteiger partial charge on any atom is -0.481 e. The van der Waals surface area contributed by atoms with Crippen molar-refractivity contribution in [3.05, 3.63) is 71.8 Å². The van der Waals surface area contributed by atoms with Crippen molar-refractivity contribution in [1.82, 2.24) is 10.6 Å². The SMILES string of the molecule is CNC(C)C(=O)NC1CN(C(=O)CCCC(=O)O)c2ccccc2N(Cc2c(C)ccc3ccccc23)C1=O. The Labute approximate surface area is 227 Å². The third-order valence-corrected chi connectivity index (χ3v) is 7.21. The second-order valence-corrected chi connectivity index (χ2v) is 9.82. The molecule has 3 N–H and O–H groups in total. The van der Waals surface area contributed by atoms with Crippen molar-refractivity contribution in [3.8, 4) is 0 Å². The first kappa shape index (κ1) is 27.8. The van der Waals surface area contributed by atoms with E-state index in [0.717, 1.165) is 21.9 Å². The quantitative estimate of drug-likeness (QED) is 0.390. The summed E-state index contributed by atoms with van der Waals surface area (Å²) in [6, 6.07) is 17.7. The fourth-order valence-corrected chi connectivity index (χ4v) is 4.86. The molecule has 39 heavy (non-hydrogen) atoms. The zero-order chi connectivity index (χ0) is 28.1. The molecule has 0 saturated carbocycles. The molecule has 0 saturated heterocycles. The summed E-state index contributed by atoms with van der Waals surface area (Å²) in [6.45, 7) is 3.88. The maximum absolute atomic E-state index is 14.2. The monoisotopic (exact) mass is 530 g/mol. The molecule has 1 aliphatic heterocycles. The standard InChI is InChI=1S/C30H34N4O5/c1-19-15-16-21-9-4-5-10-22(21)23(19)17-34-26-12-7-6-11-25(26)33(27(35)13-8-14-28(36)37)18-24(30(34)39)32-29(38)20(2)31-3/h4-7,9-12,15-16,20,24,31H,8,13-14,17-18H2,1-3H3,(H,32,38)(H,36,37). The van der Waals surface area contributed by atoms with Crippen LogP contribution >= 0.6 is 0 Å². The van der Waals surface area contributed by atoms with Crippen LogP contribution in [-0.4, -0.2) is 54.5 Å². The van der Waals surface area contributed by atoms with Gasteiger partial charge < -0.3 is 25.5 Å². The number of fused-ring (bicyclic) bond motifs is 2. The Morgan fingerprint density at radius 3 is 2.41 bits per heavy atom. The number of aliphatic carboxylic acids is 1. The van der Waals surface area contributed by atoms with Crippen LogP contribution in [0.25, 0.3) is 10.8 Å². The predicted molar refractivity (Wildman–Crippen MR) is 151 cm³/mol. The summed E-state index contributed by atoms with van der Waals surface area (Å²) in [5.74, 6) is -1.97. The molecule has 4 rings (SSSR count). The van der Waals surface area contributed by atoms with Gasteiger partial charge >= 0.3 is 5.97 Å². The molecule has 3 aromatic rings. The number of likely N-dealkylation sites (N-methyl/N-ethyl adjacent to an activating group) is 1. The average molecular weight is 531 g/mol. The highest BCUT2D eigenvalue weighted by Gasteiger charge is 2.37. The van der Waals surface area contributed by atoms with Gasteiger partial charge in [0.05, 0.1) is 30.5 Å². The molecule has 9 nitrogen and oxygen atoms in total. The van der Waals surface area contributed by atoms with Crippen LogP contribution in [0.2, 0.25) is 0 Å². The number of hydrogen-bond donors (Lipinski definition) is 3. The largest absolute Gasteiger partial charge is 0.481 e. The highest BCUT2D eigenvalue weighted by molar-refractivity contribution is 6.08. The number of rotatable bonds is 9. The van der Waals surface area contributed by atoms with Crippen molar-refractivity contribution in [1.29, 1.82) is 0 Å². The number of nitrogens with one attached hydrogen (secondary N) is 2. The van der Waals surface area contributed by atoms with E-state index in [1.54, 1.807) is 37.1 Å². The summed E-state index contributed by atoms with van der Waals surface area (Å²) in [5.41, 5.74) is 3.10. The highest BCUT2D eigenvalue weighted by Crippen LogP contribution is 2.36. The first-order valence-corrected chi connectivity index (χ1v) is 13.1. The first-order chi connectivity index (χ1) is 18.7. The summed E-state index contributed by atoms with van der Waals surface area (Å²) in [6.07, 6.45) is 0.0465. The van der Waals surface area contributed by atoms with Crippen LogP contribution in [-0.2, 0) is 25.7 Å². The molecule has 0 aromatic heterocycles. The van der Waals surface area contributed by atoms with Gasteiger partial charge in [0.2, 0.25) is 11.8 Å². The van der Waals surface area contributed by atoms with E-state index in [0.29, 0.717) is 11.4 Å². The van der Waals surface area contributed by atoms with Gasteiger partial charge in [0.15, 0.2) is 0 Å². The van der Waals surface area contributed by atoms with Crippen LogP contribution in [0.3, 0.4) is 0 Å². The summed E-state index contributed by atoms with van der Waals surface area (Å²) >= 11 is 0. The second kappa shape index (κ2) is 12.1. The third-order valence-electron chi connectivity index (χ3n) is 7.21. The second-order valence-electron chi connectivity index (χ2n) is 9.82. The van der Waals surface area contributed by atoms with E-state index in [-0.39, 0.29) is 50.1 Å². The van der Waals surface area contributed by atoms with Gasteiger partial charge in [-0.25, -0.2) is 0 Å². The fraction of sp³-hybridized carbons (Fsp3) is 0.333. The lowest BCUT2D eigenvalue weighted by molar-refractivity contribution is -0.137. The smallest absolute Gasteiger partial charge is 0.303 e. The number of carbonyl (C=O) groups excluding carboxylic acids is 3.